The summed E-state index contributed by atoms with van der Waals surface area (Å²) < 4.78 is 0. The van der Waals surface area contributed by atoms with E-state index in [2.05, 4.69) is 5.32 Å². The van der Waals surface area contributed by atoms with E-state index >= 15 is 0 Å². The molecule has 1 aromatic carbocycles. The second-order valence-corrected chi connectivity index (χ2v) is 7.25. The van der Waals surface area contributed by atoms with Gasteiger partial charge in [0.15, 0.2) is 0 Å². The molecule has 1 N–H and O–H groups in total. The highest BCUT2D eigenvalue weighted by Gasteiger charge is 2.33. The van der Waals surface area contributed by atoms with E-state index in [1.165, 1.54) is 0 Å². The largest absolute Gasteiger partial charge is 0.342 e. The molecule has 4 nitrogen and oxygen atoms in total. The van der Waals surface area contributed by atoms with E-state index in [0.717, 1.165) is 19.3 Å². The van der Waals surface area contributed by atoms with Gasteiger partial charge in [-0.2, -0.15) is 0 Å². The van der Waals surface area contributed by atoms with Crippen molar-refractivity contribution in [2.75, 3.05) is 18.4 Å². The molecule has 23 heavy (non-hydrogen) atoms. The molecule has 6 heteroatoms. The van der Waals surface area contributed by atoms with Gasteiger partial charge in [-0.15, -0.1) is 0 Å². The van der Waals surface area contributed by atoms with Crippen LogP contribution in [0, 0.1) is 11.8 Å². The highest BCUT2D eigenvalue weighted by Crippen LogP contribution is 2.30. The number of anilines is 1. The van der Waals surface area contributed by atoms with Crippen molar-refractivity contribution in [1.29, 1.82) is 0 Å². The molecule has 0 aromatic heterocycles. The predicted molar refractivity (Wildman–Crippen MR) is 91.7 cm³/mol. The molecule has 2 aliphatic rings. The summed E-state index contributed by atoms with van der Waals surface area (Å²) in [6.07, 6.45) is 4.62. The molecule has 1 aliphatic carbocycles. The first-order valence-electron chi connectivity index (χ1n) is 8.08. The number of hydrogen-bond acceptors (Lipinski definition) is 2. The number of amides is 2. The lowest BCUT2D eigenvalue weighted by Gasteiger charge is -2.36. The summed E-state index contributed by atoms with van der Waals surface area (Å²) in [6.45, 7) is 1.34. The van der Waals surface area contributed by atoms with Crippen LogP contribution in [-0.4, -0.2) is 29.8 Å². The first-order valence-corrected chi connectivity index (χ1v) is 8.84. The summed E-state index contributed by atoms with van der Waals surface area (Å²) >= 11 is 11.9. The van der Waals surface area contributed by atoms with E-state index in [9.17, 15) is 9.59 Å². The quantitative estimate of drug-likeness (QED) is 0.892. The molecule has 124 valence electrons. The van der Waals surface area contributed by atoms with Crippen LogP contribution in [0.2, 0.25) is 10.0 Å². The fourth-order valence-electron chi connectivity index (χ4n) is 3.15. The molecule has 1 saturated heterocycles. The van der Waals surface area contributed by atoms with Crippen LogP contribution < -0.4 is 5.32 Å². The van der Waals surface area contributed by atoms with Crippen molar-refractivity contribution in [2.24, 2.45) is 11.8 Å². The third-order valence-corrected chi connectivity index (χ3v) is 5.20. The van der Waals surface area contributed by atoms with Crippen LogP contribution in [0.1, 0.15) is 32.1 Å². The van der Waals surface area contributed by atoms with Gasteiger partial charge in [-0.05, 0) is 43.9 Å². The Morgan fingerprint density at radius 3 is 2.09 bits per heavy atom. The number of benzene rings is 1. The van der Waals surface area contributed by atoms with Crippen molar-refractivity contribution in [3.05, 3.63) is 28.2 Å². The van der Waals surface area contributed by atoms with E-state index in [4.69, 9.17) is 23.2 Å². The zero-order valence-electron chi connectivity index (χ0n) is 12.9. The molecule has 2 fully saturated rings. The maximum Gasteiger partial charge on any atom is 0.227 e. The molecule has 1 aromatic rings. The molecule has 2 amide bonds. The summed E-state index contributed by atoms with van der Waals surface area (Å²) in [7, 11) is 0. The van der Waals surface area contributed by atoms with Gasteiger partial charge in [0, 0.05) is 40.7 Å². The van der Waals surface area contributed by atoms with Crippen molar-refractivity contribution < 1.29 is 9.59 Å². The number of hydrogen-bond donors (Lipinski definition) is 1. The van der Waals surface area contributed by atoms with Crippen molar-refractivity contribution in [1.82, 2.24) is 4.90 Å². The van der Waals surface area contributed by atoms with E-state index in [0.29, 0.717) is 41.7 Å². The lowest BCUT2D eigenvalue weighted by molar-refractivity contribution is -0.140. The predicted octanol–water partition coefficient (Wildman–Crippen LogP) is 3.97. The molecule has 1 aliphatic heterocycles. The van der Waals surface area contributed by atoms with Gasteiger partial charge >= 0.3 is 0 Å². The topological polar surface area (TPSA) is 49.4 Å². The van der Waals surface area contributed by atoms with Gasteiger partial charge in [0.05, 0.1) is 0 Å². The Morgan fingerprint density at radius 2 is 1.57 bits per heavy atom. The second-order valence-electron chi connectivity index (χ2n) is 6.37. The molecular weight excluding hydrogens is 335 g/mol. The number of piperidine rings is 1. The highest BCUT2D eigenvalue weighted by atomic mass is 35.5. The average molecular weight is 355 g/mol. The van der Waals surface area contributed by atoms with Gasteiger partial charge in [0.2, 0.25) is 11.8 Å². The average Bonchev–Trinajstić information content (AvgIpc) is 2.44. The maximum absolute atomic E-state index is 12.4. The Morgan fingerprint density at radius 1 is 0.957 bits per heavy atom. The Bertz CT molecular complexity index is 588. The number of nitrogens with one attached hydrogen (secondary N) is 1. The summed E-state index contributed by atoms with van der Waals surface area (Å²) in [6, 6.07) is 4.99. The number of likely N-dealkylation sites (tertiary alicyclic amines) is 1. The first-order chi connectivity index (χ1) is 11.0. The van der Waals surface area contributed by atoms with Gasteiger partial charge < -0.3 is 10.2 Å². The first kappa shape index (κ1) is 16.6. The molecule has 1 heterocycles. The molecular formula is C17H20Cl2N2O2. The monoisotopic (exact) mass is 354 g/mol. The third-order valence-electron chi connectivity index (χ3n) is 4.76. The van der Waals surface area contributed by atoms with E-state index < -0.39 is 0 Å². The van der Waals surface area contributed by atoms with Crippen LogP contribution in [0.4, 0.5) is 5.69 Å². The molecule has 0 radical (unpaired) electrons. The fourth-order valence-corrected chi connectivity index (χ4v) is 3.67. The third kappa shape index (κ3) is 3.99. The van der Waals surface area contributed by atoms with Crippen molar-refractivity contribution in [2.45, 2.75) is 32.1 Å². The number of rotatable bonds is 3. The highest BCUT2D eigenvalue weighted by molar-refractivity contribution is 6.35. The van der Waals surface area contributed by atoms with Gasteiger partial charge in [0.1, 0.15) is 0 Å². The summed E-state index contributed by atoms with van der Waals surface area (Å²) in [5.74, 6) is 0.406. The number of carbonyl (C=O) groups excluding carboxylic acids is 2. The standard InChI is InChI=1S/C17H20Cl2N2O2/c18-13-8-14(19)10-15(9-13)20-16(22)11-4-6-21(7-5-11)17(23)12-2-1-3-12/h8-12H,1-7H2,(H,20,22). The van der Waals surface area contributed by atoms with E-state index in [-0.39, 0.29) is 23.7 Å². The summed E-state index contributed by atoms with van der Waals surface area (Å²) in [5, 5.41) is 3.86. The minimum absolute atomic E-state index is 0.0286. The van der Waals surface area contributed by atoms with Crippen LogP contribution in [0.15, 0.2) is 18.2 Å². The smallest absolute Gasteiger partial charge is 0.227 e. The van der Waals surface area contributed by atoms with Crippen LogP contribution in [0.3, 0.4) is 0 Å². The van der Waals surface area contributed by atoms with Gasteiger partial charge in [-0.3, -0.25) is 9.59 Å². The lowest BCUT2D eigenvalue weighted by Crippen LogP contribution is -2.45. The molecule has 3 rings (SSSR count). The van der Waals surface area contributed by atoms with Gasteiger partial charge in [-0.25, -0.2) is 0 Å². The van der Waals surface area contributed by atoms with Crippen molar-refractivity contribution >= 4 is 40.7 Å². The molecule has 0 atom stereocenters. The molecule has 1 saturated carbocycles. The van der Waals surface area contributed by atoms with Crippen LogP contribution in [0.5, 0.6) is 0 Å². The summed E-state index contributed by atoms with van der Waals surface area (Å²) in [4.78, 5) is 26.5. The second kappa shape index (κ2) is 7.10. The van der Waals surface area contributed by atoms with Crippen molar-refractivity contribution in [3.63, 3.8) is 0 Å². The van der Waals surface area contributed by atoms with Gasteiger partial charge in [-0.1, -0.05) is 29.6 Å². The SMILES string of the molecule is O=C(Nc1cc(Cl)cc(Cl)c1)C1CCN(C(=O)C2CCC2)CC1. The van der Waals surface area contributed by atoms with E-state index in [1.54, 1.807) is 18.2 Å². The number of nitrogens with zero attached hydrogens (tertiary/aromatic N) is 1. The Labute approximate surface area is 146 Å². The zero-order chi connectivity index (χ0) is 16.4. The van der Waals surface area contributed by atoms with E-state index in [1.807, 2.05) is 4.90 Å². The molecule has 0 bridgehead atoms. The Balaban J connectivity index is 1.52. The minimum Gasteiger partial charge on any atom is -0.342 e. The number of halogens is 2. The lowest BCUT2D eigenvalue weighted by atomic mass is 9.83. The normalized spacial score (nSPS) is 19.3. The Kier molecular flexibility index (Phi) is 5.12. The van der Waals surface area contributed by atoms with Gasteiger partial charge in [0.25, 0.3) is 0 Å². The van der Waals surface area contributed by atoms with Crippen LogP contribution in [0.25, 0.3) is 0 Å². The van der Waals surface area contributed by atoms with Crippen LogP contribution in [-0.2, 0) is 9.59 Å². The molecule has 0 unspecified atom stereocenters. The maximum atomic E-state index is 12.4. The van der Waals surface area contributed by atoms with Crippen molar-refractivity contribution in [3.8, 4) is 0 Å². The van der Waals surface area contributed by atoms with Crippen LogP contribution >= 0.6 is 23.2 Å². The fraction of sp³-hybridized carbons (Fsp3) is 0.529. The zero-order valence-corrected chi connectivity index (χ0v) is 14.4. The minimum atomic E-state index is -0.0711. The summed E-state index contributed by atoms with van der Waals surface area (Å²) in [5.41, 5.74) is 0.612. The molecule has 0 spiro atoms. The number of carbonyl (C=O) groups is 2. The Hall–Kier alpha value is -1.26.